The largest absolute Gasteiger partial charge is 0.491 e. The van der Waals surface area contributed by atoms with Crippen molar-refractivity contribution < 1.29 is 14.3 Å². The Morgan fingerprint density at radius 1 is 1.35 bits per heavy atom. The average molecular weight is 279 g/mol. The summed E-state index contributed by atoms with van der Waals surface area (Å²) in [7, 11) is 1.81. The van der Waals surface area contributed by atoms with E-state index in [0.29, 0.717) is 0 Å². The molecule has 0 aromatic carbocycles. The molecule has 0 aromatic rings. The van der Waals surface area contributed by atoms with Crippen molar-refractivity contribution >= 4 is 5.97 Å². The number of esters is 1. The van der Waals surface area contributed by atoms with Gasteiger partial charge in [0.2, 0.25) is 0 Å². The fourth-order valence-electron chi connectivity index (χ4n) is 2.72. The first-order valence-corrected chi connectivity index (χ1v) is 7.60. The smallest absolute Gasteiger partial charge is 0.323 e. The summed E-state index contributed by atoms with van der Waals surface area (Å²) in [6, 6.07) is -0.190. The SMILES string of the molecule is CN[C@H]1CCCC(OC2=CCCC=C2)CC(C)OC1=O. The Balaban J connectivity index is 1.95. The molecule has 1 aliphatic carbocycles. The molecule has 1 heterocycles. The number of cyclic esters (lactones) is 1. The van der Waals surface area contributed by atoms with Gasteiger partial charge in [0.15, 0.2) is 0 Å². The number of rotatable bonds is 3. The van der Waals surface area contributed by atoms with Crippen LogP contribution in [0.1, 0.15) is 45.4 Å². The van der Waals surface area contributed by atoms with Crippen molar-refractivity contribution in [2.45, 2.75) is 63.7 Å². The summed E-state index contributed by atoms with van der Waals surface area (Å²) in [6.07, 6.45) is 12.0. The van der Waals surface area contributed by atoms with Gasteiger partial charge in [0.25, 0.3) is 0 Å². The van der Waals surface area contributed by atoms with Gasteiger partial charge in [-0.2, -0.15) is 0 Å². The minimum absolute atomic E-state index is 0.102. The van der Waals surface area contributed by atoms with E-state index in [1.807, 2.05) is 13.0 Å². The molecule has 2 rings (SSSR count). The number of hydrogen-bond donors (Lipinski definition) is 1. The van der Waals surface area contributed by atoms with Gasteiger partial charge in [-0.15, -0.1) is 0 Å². The van der Waals surface area contributed by atoms with E-state index >= 15 is 0 Å². The Hall–Kier alpha value is -1.29. The van der Waals surface area contributed by atoms with Crippen LogP contribution >= 0.6 is 0 Å². The predicted molar refractivity (Wildman–Crippen MR) is 78.2 cm³/mol. The highest BCUT2D eigenvalue weighted by atomic mass is 16.5. The van der Waals surface area contributed by atoms with Crippen molar-refractivity contribution in [1.29, 1.82) is 0 Å². The Labute approximate surface area is 121 Å². The van der Waals surface area contributed by atoms with Gasteiger partial charge in [0, 0.05) is 6.42 Å². The molecule has 1 saturated heterocycles. The van der Waals surface area contributed by atoms with Gasteiger partial charge in [-0.25, -0.2) is 0 Å². The van der Waals surface area contributed by atoms with Crippen molar-refractivity contribution in [3.63, 3.8) is 0 Å². The maximum atomic E-state index is 11.9. The highest BCUT2D eigenvalue weighted by Crippen LogP contribution is 2.22. The number of carbonyl (C=O) groups is 1. The van der Waals surface area contributed by atoms with Crippen LogP contribution in [0.25, 0.3) is 0 Å². The highest BCUT2D eigenvalue weighted by Gasteiger charge is 2.26. The molecule has 4 nitrogen and oxygen atoms in total. The number of hydrogen-bond acceptors (Lipinski definition) is 4. The molecule has 0 amide bonds. The fraction of sp³-hybridized carbons (Fsp3) is 0.688. The third-order valence-electron chi connectivity index (χ3n) is 3.83. The van der Waals surface area contributed by atoms with Crippen molar-refractivity contribution in [3.05, 3.63) is 24.0 Å². The lowest BCUT2D eigenvalue weighted by Crippen LogP contribution is -2.36. The quantitative estimate of drug-likeness (QED) is 0.807. The first-order valence-electron chi connectivity index (χ1n) is 7.60. The molecular formula is C16H25NO3. The molecule has 112 valence electrons. The zero-order valence-electron chi connectivity index (χ0n) is 12.4. The molecular weight excluding hydrogens is 254 g/mol. The number of allylic oxidation sites excluding steroid dienone is 3. The van der Waals surface area contributed by atoms with E-state index in [0.717, 1.165) is 44.3 Å². The van der Waals surface area contributed by atoms with Gasteiger partial charge in [-0.1, -0.05) is 6.08 Å². The van der Waals surface area contributed by atoms with Crippen molar-refractivity contribution in [3.8, 4) is 0 Å². The average Bonchev–Trinajstić information content (AvgIpc) is 2.49. The van der Waals surface area contributed by atoms with Crippen LogP contribution in [-0.4, -0.2) is 31.3 Å². The van der Waals surface area contributed by atoms with E-state index in [1.165, 1.54) is 0 Å². The Morgan fingerprint density at radius 3 is 2.90 bits per heavy atom. The Morgan fingerprint density at radius 2 is 2.20 bits per heavy atom. The van der Waals surface area contributed by atoms with Crippen molar-refractivity contribution in [2.24, 2.45) is 0 Å². The molecule has 0 aromatic heterocycles. The van der Waals surface area contributed by atoms with E-state index in [-0.39, 0.29) is 24.2 Å². The van der Waals surface area contributed by atoms with Crippen LogP contribution in [0.4, 0.5) is 0 Å². The molecule has 0 saturated carbocycles. The van der Waals surface area contributed by atoms with Crippen LogP contribution in [0.3, 0.4) is 0 Å². The second-order valence-electron chi connectivity index (χ2n) is 5.58. The maximum Gasteiger partial charge on any atom is 0.323 e. The second kappa shape index (κ2) is 7.48. The minimum Gasteiger partial charge on any atom is -0.491 e. The monoisotopic (exact) mass is 279 g/mol. The van der Waals surface area contributed by atoms with Gasteiger partial charge in [0.1, 0.15) is 24.0 Å². The molecule has 20 heavy (non-hydrogen) atoms. The molecule has 1 fully saturated rings. The zero-order chi connectivity index (χ0) is 14.4. The number of nitrogens with one attached hydrogen (secondary N) is 1. The molecule has 1 N–H and O–H groups in total. The van der Waals surface area contributed by atoms with Gasteiger partial charge in [-0.3, -0.25) is 4.79 Å². The molecule has 3 atom stereocenters. The summed E-state index contributed by atoms with van der Waals surface area (Å²) in [4.78, 5) is 11.9. The van der Waals surface area contributed by atoms with Gasteiger partial charge in [-0.05, 0) is 58.2 Å². The lowest BCUT2D eigenvalue weighted by Gasteiger charge is -2.22. The van der Waals surface area contributed by atoms with E-state index in [2.05, 4.69) is 17.5 Å². The van der Waals surface area contributed by atoms with Gasteiger partial charge in [0.05, 0.1) is 0 Å². The molecule has 0 bridgehead atoms. The maximum absolute atomic E-state index is 11.9. The minimum atomic E-state index is -0.190. The summed E-state index contributed by atoms with van der Waals surface area (Å²) >= 11 is 0. The first-order chi connectivity index (χ1) is 9.69. The summed E-state index contributed by atoms with van der Waals surface area (Å²) in [5, 5.41) is 3.03. The molecule has 0 spiro atoms. The fourth-order valence-corrected chi connectivity index (χ4v) is 2.72. The van der Waals surface area contributed by atoms with Crippen LogP contribution in [0.2, 0.25) is 0 Å². The van der Waals surface area contributed by atoms with Crippen LogP contribution in [0, 0.1) is 0 Å². The van der Waals surface area contributed by atoms with E-state index in [1.54, 1.807) is 7.05 Å². The second-order valence-corrected chi connectivity index (χ2v) is 5.58. The topological polar surface area (TPSA) is 47.6 Å². The third-order valence-corrected chi connectivity index (χ3v) is 3.83. The van der Waals surface area contributed by atoms with Crippen LogP contribution in [0.5, 0.6) is 0 Å². The predicted octanol–water partition coefficient (Wildman–Crippen LogP) is 2.70. The third kappa shape index (κ3) is 4.37. The normalized spacial score (nSPS) is 31.6. The summed E-state index contributed by atoms with van der Waals surface area (Å²) in [5.41, 5.74) is 0. The summed E-state index contributed by atoms with van der Waals surface area (Å²) in [5.74, 6) is 0.821. The van der Waals surface area contributed by atoms with Crippen molar-refractivity contribution in [2.75, 3.05) is 7.05 Å². The summed E-state index contributed by atoms with van der Waals surface area (Å²) in [6.45, 7) is 1.94. The van der Waals surface area contributed by atoms with Crippen LogP contribution < -0.4 is 5.32 Å². The van der Waals surface area contributed by atoms with E-state index < -0.39 is 0 Å². The van der Waals surface area contributed by atoms with Crippen LogP contribution in [0.15, 0.2) is 24.0 Å². The number of likely N-dealkylation sites (N-methyl/N-ethyl adjacent to an activating group) is 1. The molecule has 2 unspecified atom stereocenters. The highest BCUT2D eigenvalue weighted by molar-refractivity contribution is 5.75. The van der Waals surface area contributed by atoms with Crippen molar-refractivity contribution in [1.82, 2.24) is 5.32 Å². The lowest BCUT2D eigenvalue weighted by molar-refractivity contribution is -0.151. The summed E-state index contributed by atoms with van der Waals surface area (Å²) < 4.78 is 11.5. The molecule has 2 aliphatic rings. The zero-order valence-corrected chi connectivity index (χ0v) is 12.4. The molecule has 4 heteroatoms. The number of carbonyl (C=O) groups excluding carboxylic acids is 1. The van der Waals surface area contributed by atoms with Crippen LogP contribution in [-0.2, 0) is 14.3 Å². The Bertz CT molecular complexity index is 389. The lowest BCUT2D eigenvalue weighted by atomic mass is 10.0. The number of ether oxygens (including phenoxy) is 2. The van der Waals surface area contributed by atoms with Gasteiger partial charge < -0.3 is 14.8 Å². The van der Waals surface area contributed by atoms with E-state index in [9.17, 15) is 4.79 Å². The molecule has 1 aliphatic heterocycles. The standard InChI is InChI=1S/C16H25NO3/c1-12-11-14(20-13-7-4-3-5-8-13)9-6-10-15(17-2)16(18)19-12/h4,7-8,12,14-15,17H,3,5-6,9-11H2,1-2H3/t12?,14?,15-/m0/s1. The van der Waals surface area contributed by atoms with Gasteiger partial charge >= 0.3 is 5.97 Å². The first kappa shape index (κ1) is 15.1. The molecule has 0 radical (unpaired) electrons. The van der Waals surface area contributed by atoms with E-state index in [4.69, 9.17) is 9.47 Å². The Kier molecular flexibility index (Phi) is 5.65.